The molecule has 2 aliphatic heterocycles. The van der Waals surface area contributed by atoms with Crippen LogP contribution in [0.2, 0.25) is 0 Å². The average molecular weight is 329 g/mol. The molecule has 0 radical (unpaired) electrons. The fourth-order valence-corrected chi connectivity index (χ4v) is 2.54. The van der Waals surface area contributed by atoms with Gasteiger partial charge in [0.1, 0.15) is 12.7 Å². The Bertz CT molecular complexity index is 531. The Morgan fingerprint density at radius 3 is 2.43 bits per heavy atom. The molecule has 0 aromatic rings. The summed E-state index contributed by atoms with van der Waals surface area (Å²) in [6, 6.07) is -0.556. The van der Waals surface area contributed by atoms with E-state index in [0.29, 0.717) is 5.90 Å². The van der Waals surface area contributed by atoms with Crippen LogP contribution >= 0.6 is 0 Å². The highest BCUT2D eigenvalue weighted by atomic mass is 16.7. The van der Waals surface area contributed by atoms with Gasteiger partial charge in [-0.25, -0.2) is 4.99 Å². The Kier molecular flexibility index (Phi) is 5.19. The summed E-state index contributed by atoms with van der Waals surface area (Å²) in [6.07, 6.45) is -3.34. The highest BCUT2D eigenvalue weighted by Gasteiger charge is 2.54. The van der Waals surface area contributed by atoms with Crippen LogP contribution in [0.15, 0.2) is 4.99 Å². The van der Waals surface area contributed by atoms with Gasteiger partial charge in [0.05, 0.1) is 0 Å². The maximum atomic E-state index is 11.4. The highest BCUT2D eigenvalue weighted by molar-refractivity contribution is 5.75. The highest BCUT2D eigenvalue weighted by Crippen LogP contribution is 2.34. The molecule has 0 aromatic carbocycles. The molecule has 5 atom stereocenters. The van der Waals surface area contributed by atoms with Crippen molar-refractivity contribution in [2.75, 3.05) is 6.61 Å². The topological polar surface area (TPSA) is 110 Å². The molecule has 2 heterocycles. The van der Waals surface area contributed by atoms with E-state index in [4.69, 9.17) is 23.7 Å². The van der Waals surface area contributed by atoms with Crippen LogP contribution in [0, 0.1) is 0 Å². The summed E-state index contributed by atoms with van der Waals surface area (Å²) >= 11 is 0. The molecule has 9 heteroatoms. The number of fused-ring (bicyclic) bond motifs is 1. The molecule has 128 valence electrons. The van der Waals surface area contributed by atoms with Crippen molar-refractivity contribution in [1.82, 2.24) is 0 Å². The van der Waals surface area contributed by atoms with Gasteiger partial charge in [-0.05, 0) is 0 Å². The van der Waals surface area contributed by atoms with Crippen LogP contribution in [0.1, 0.15) is 27.7 Å². The van der Waals surface area contributed by atoms with Crippen LogP contribution < -0.4 is 0 Å². The zero-order valence-corrected chi connectivity index (χ0v) is 13.3. The molecule has 9 nitrogen and oxygen atoms in total. The molecule has 0 saturated carbocycles. The van der Waals surface area contributed by atoms with Crippen molar-refractivity contribution in [2.24, 2.45) is 4.99 Å². The Hall–Kier alpha value is -2.16. The lowest BCUT2D eigenvalue weighted by Crippen LogP contribution is -2.45. The lowest BCUT2D eigenvalue weighted by atomic mass is 10.0. The van der Waals surface area contributed by atoms with Gasteiger partial charge < -0.3 is 23.7 Å². The summed E-state index contributed by atoms with van der Waals surface area (Å²) in [5.41, 5.74) is 0. The van der Waals surface area contributed by atoms with Crippen molar-refractivity contribution in [3.63, 3.8) is 0 Å². The van der Waals surface area contributed by atoms with Crippen LogP contribution in [0.5, 0.6) is 0 Å². The van der Waals surface area contributed by atoms with E-state index in [2.05, 4.69) is 4.99 Å². The van der Waals surface area contributed by atoms with Crippen molar-refractivity contribution in [3.8, 4) is 0 Å². The molecule has 0 bridgehead atoms. The maximum absolute atomic E-state index is 11.4. The number of hydrogen-bond acceptors (Lipinski definition) is 9. The van der Waals surface area contributed by atoms with Gasteiger partial charge in [0.15, 0.2) is 24.1 Å². The number of aliphatic imine (C=N–C) groups is 1. The van der Waals surface area contributed by atoms with Crippen molar-refractivity contribution in [3.05, 3.63) is 0 Å². The Balaban J connectivity index is 2.19. The minimum Gasteiger partial charge on any atom is -0.462 e. The summed E-state index contributed by atoms with van der Waals surface area (Å²) in [5.74, 6) is -1.22. The second-order valence-corrected chi connectivity index (χ2v) is 5.25. The lowest BCUT2D eigenvalue weighted by Gasteiger charge is -2.27. The van der Waals surface area contributed by atoms with E-state index < -0.39 is 48.6 Å². The van der Waals surface area contributed by atoms with E-state index in [0.717, 1.165) is 0 Å². The SMILES string of the molecule is CC(=O)OC[C@@H](OC(C)=O)[C@@H]1O[C@@H]2OC(C)=N[C@@H]2[C@H]1OC(C)=O. The molecule has 0 aliphatic carbocycles. The van der Waals surface area contributed by atoms with Crippen molar-refractivity contribution in [1.29, 1.82) is 0 Å². The molecule has 0 aromatic heterocycles. The fourth-order valence-electron chi connectivity index (χ4n) is 2.54. The number of carbonyl (C=O) groups is 3. The molecule has 0 amide bonds. The largest absolute Gasteiger partial charge is 0.462 e. The summed E-state index contributed by atoms with van der Waals surface area (Å²) in [7, 11) is 0. The van der Waals surface area contributed by atoms with Crippen molar-refractivity contribution >= 4 is 23.8 Å². The number of hydrogen-bond donors (Lipinski definition) is 0. The van der Waals surface area contributed by atoms with E-state index in [1.807, 2.05) is 0 Å². The summed E-state index contributed by atoms with van der Waals surface area (Å²) < 4.78 is 26.4. The van der Waals surface area contributed by atoms with Gasteiger partial charge >= 0.3 is 17.9 Å². The van der Waals surface area contributed by atoms with Gasteiger partial charge in [0.25, 0.3) is 0 Å². The molecule has 2 aliphatic rings. The predicted molar refractivity (Wildman–Crippen MR) is 74.4 cm³/mol. The predicted octanol–water partition coefficient (Wildman–Crippen LogP) is -0.0450. The first-order valence-electron chi connectivity index (χ1n) is 7.12. The number of ether oxygens (including phenoxy) is 5. The summed E-state index contributed by atoms with van der Waals surface area (Å²) in [5, 5.41) is 0. The molecular formula is C14H19NO8. The second-order valence-electron chi connectivity index (χ2n) is 5.25. The van der Waals surface area contributed by atoms with E-state index in [-0.39, 0.29) is 6.61 Å². The normalized spacial score (nSPS) is 29.8. The van der Waals surface area contributed by atoms with Gasteiger partial charge in [0, 0.05) is 27.7 Å². The van der Waals surface area contributed by atoms with Gasteiger partial charge in [-0.1, -0.05) is 0 Å². The van der Waals surface area contributed by atoms with Crippen LogP contribution in [0.4, 0.5) is 0 Å². The molecule has 0 spiro atoms. The van der Waals surface area contributed by atoms with E-state index in [1.54, 1.807) is 6.92 Å². The van der Waals surface area contributed by atoms with Crippen LogP contribution in [0.3, 0.4) is 0 Å². The molecule has 0 unspecified atom stereocenters. The van der Waals surface area contributed by atoms with Gasteiger partial charge in [0.2, 0.25) is 6.29 Å². The second kappa shape index (κ2) is 6.95. The fraction of sp³-hybridized carbons (Fsp3) is 0.714. The quantitative estimate of drug-likeness (QED) is 0.510. The maximum Gasteiger partial charge on any atom is 0.303 e. The summed E-state index contributed by atoms with van der Waals surface area (Å²) in [4.78, 5) is 37.9. The zero-order chi connectivity index (χ0) is 17.1. The van der Waals surface area contributed by atoms with Gasteiger partial charge in [-0.15, -0.1) is 0 Å². The first kappa shape index (κ1) is 17.2. The van der Waals surface area contributed by atoms with Crippen molar-refractivity contribution in [2.45, 2.75) is 58.3 Å². The van der Waals surface area contributed by atoms with Gasteiger partial charge in [-0.3, -0.25) is 14.4 Å². The average Bonchev–Trinajstić information content (AvgIpc) is 2.91. The lowest BCUT2D eigenvalue weighted by molar-refractivity contribution is -0.181. The minimum atomic E-state index is -0.939. The van der Waals surface area contributed by atoms with Crippen LogP contribution in [-0.2, 0) is 38.1 Å². The molecular weight excluding hydrogens is 310 g/mol. The molecule has 2 rings (SSSR count). The zero-order valence-electron chi connectivity index (χ0n) is 13.3. The first-order valence-corrected chi connectivity index (χ1v) is 7.12. The van der Waals surface area contributed by atoms with Crippen LogP contribution in [-0.4, -0.2) is 61.1 Å². The number of esters is 3. The molecule has 1 saturated heterocycles. The third kappa shape index (κ3) is 4.19. The van der Waals surface area contributed by atoms with Crippen LogP contribution in [0.25, 0.3) is 0 Å². The van der Waals surface area contributed by atoms with Crippen molar-refractivity contribution < 1.29 is 38.1 Å². The molecule has 1 fully saturated rings. The first-order chi connectivity index (χ1) is 10.8. The number of carbonyl (C=O) groups excluding carboxylic acids is 3. The third-order valence-electron chi connectivity index (χ3n) is 3.28. The molecule has 23 heavy (non-hydrogen) atoms. The third-order valence-corrected chi connectivity index (χ3v) is 3.28. The summed E-state index contributed by atoms with van der Waals surface area (Å²) in [6.45, 7) is 5.14. The minimum absolute atomic E-state index is 0.223. The van der Waals surface area contributed by atoms with E-state index in [1.165, 1.54) is 20.8 Å². The standard InChI is InChI=1S/C14H19NO8/c1-6-15-11-13(22-9(4)18)12(23-14(11)20-6)10(21-8(3)17)5-19-7(2)16/h10-14H,5H2,1-4H3/t10-,11-,12+,13-,14+/m1/s1. The van der Waals surface area contributed by atoms with E-state index >= 15 is 0 Å². The smallest absolute Gasteiger partial charge is 0.303 e. The number of nitrogens with zero attached hydrogens (tertiary/aromatic N) is 1. The number of rotatable bonds is 5. The molecule has 0 N–H and O–H groups in total. The Labute approximate surface area is 132 Å². The monoisotopic (exact) mass is 329 g/mol. The van der Waals surface area contributed by atoms with Gasteiger partial charge in [-0.2, -0.15) is 0 Å². The Morgan fingerprint density at radius 2 is 1.87 bits per heavy atom. The Morgan fingerprint density at radius 1 is 1.17 bits per heavy atom. The van der Waals surface area contributed by atoms with E-state index in [9.17, 15) is 14.4 Å².